The van der Waals surface area contributed by atoms with E-state index in [0.717, 1.165) is 5.56 Å². The third-order valence-electron chi connectivity index (χ3n) is 3.02. The highest BCUT2D eigenvalue weighted by atomic mass is 19.4. The molecule has 0 aliphatic rings. The Morgan fingerprint density at radius 2 is 1.95 bits per heavy atom. The smallest absolute Gasteiger partial charge is 0.433 e. The number of nitrogens with zero attached hydrogens (tertiary/aromatic N) is 2. The monoisotopic (exact) mass is 284 g/mol. The number of halogens is 3. The summed E-state index contributed by atoms with van der Waals surface area (Å²) in [5.74, 6) is -1.50. The van der Waals surface area contributed by atoms with Crippen LogP contribution in [0.1, 0.15) is 27.3 Å². The van der Waals surface area contributed by atoms with Crippen LogP contribution in [0.15, 0.2) is 24.3 Å². The fraction of sp³-hybridized carbons (Fsp3) is 0.231. The van der Waals surface area contributed by atoms with E-state index in [2.05, 4.69) is 5.10 Å². The van der Waals surface area contributed by atoms with Gasteiger partial charge < -0.3 is 5.11 Å². The molecule has 0 radical (unpaired) electrons. The number of aromatic carboxylic acids is 1. The number of carbonyl (C=O) groups is 1. The van der Waals surface area contributed by atoms with Crippen LogP contribution in [0.5, 0.6) is 0 Å². The summed E-state index contributed by atoms with van der Waals surface area (Å²) < 4.78 is 39.6. The van der Waals surface area contributed by atoms with Crippen LogP contribution in [0.4, 0.5) is 13.2 Å². The van der Waals surface area contributed by atoms with Crippen LogP contribution in [-0.4, -0.2) is 20.9 Å². The van der Waals surface area contributed by atoms with E-state index in [1.807, 2.05) is 0 Å². The topological polar surface area (TPSA) is 55.1 Å². The van der Waals surface area contributed by atoms with Gasteiger partial charge in [-0.2, -0.15) is 18.3 Å². The summed E-state index contributed by atoms with van der Waals surface area (Å²) >= 11 is 0. The molecule has 0 atom stereocenters. The Bertz CT molecular complexity index is 675. The SMILES string of the molecule is Cc1cccc(-n2nc(C(=O)O)cc2C(F)(F)F)c1C. The van der Waals surface area contributed by atoms with Crippen LogP contribution < -0.4 is 0 Å². The molecule has 4 nitrogen and oxygen atoms in total. The van der Waals surface area contributed by atoms with Crippen molar-refractivity contribution in [1.82, 2.24) is 9.78 Å². The Kier molecular flexibility index (Phi) is 3.29. The third kappa shape index (κ3) is 2.38. The number of hydrogen-bond acceptors (Lipinski definition) is 2. The lowest BCUT2D eigenvalue weighted by Crippen LogP contribution is -2.14. The largest absolute Gasteiger partial charge is 0.476 e. The normalized spacial score (nSPS) is 11.7. The average molecular weight is 284 g/mol. The van der Waals surface area contributed by atoms with E-state index < -0.39 is 23.5 Å². The molecule has 1 aromatic heterocycles. The van der Waals surface area contributed by atoms with Crippen LogP contribution in [0.25, 0.3) is 5.69 Å². The van der Waals surface area contributed by atoms with Crippen molar-refractivity contribution in [3.05, 3.63) is 46.8 Å². The zero-order valence-electron chi connectivity index (χ0n) is 10.7. The van der Waals surface area contributed by atoms with E-state index >= 15 is 0 Å². The second-order valence-electron chi connectivity index (χ2n) is 4.35. The maximum atomic E-state index is 13.0. The third-order valence-corrected chi connectivity index (χ3v) is 3.02. The van der Waals surface area contributed by atoms with Gasteiger partial charge in [0.1, 0.15) is 5.69 Å². The molecular weight excluding hydrogens is 273 g/mol. The minimum absolute atomic E-state index is 0.213. The number of aromatic nitrogens is 2. The molecule has 0 saturated heterocycles. The highest BCUT2D eigenvalue weighted by Crippen LogP contribution is 2.32. The van der Waals surface area contributed by atoms with Crippen molar-refractivity contribution < 1.29 is 23.1 Å². The molecule has 0 bridgehead atoms. The maximum absolute atomic E-state index is 13.0. The Labute approximate surface area is 112 Å². The zero-order chi connectivity index (χ0) is 15.1. The first-order valence-corrected chi connectivity index (χ1v) is 5.69. The minimum atomic E-state index is -4.68. The molecule has 106 valence electrons. The number of carboxylic acid groups (broad SMARTS) is 1. The Balaban J connectivity index is 2.72. The van der Waals surface area contributed by atoms with Crippen molar-refractivity contribution in [1.29, 1.82) is 0 Å². The Hall–Kier alpha value is -2.31. The van der Waals surface area contributed by atoms with Gasteiger partial charge in [0.25, 0.3) is 0 Å². The van der Waals surface area contributed by atoms with Gasteiger partial charge in [-0.15, -0.1) is 0 Å². The maximum Gasteiger partial charge on any atom is 0.433 e. The van der Waals surface area contributed by atoms with Gasteiger partial charge >= 0.3 is 12.1 Å². The lowest BCUT2D eigenvalue weighted by molar-refractivity contribution is -0.142. The number of alkyl halides is 3. The van der Waals surface area contributed by atoms with Gasteiger partial charge in [0, 0.05) is 6.07 Å². The first kappa shape index (κ1) is 14.1. The predicted octanol–water partition coefficient (Wildman–Crippen LogP) is 3.21. The number of benzene rings is 1. The summed E-state index contributed by atoms with van der Waals surface area (Å²) in [4.78, 5) is 10.8. The van der Waals surface area contributed by atoms with Gasteiger partial charge in [-0.05, 0) is 31.0 Å². The fourth-order valence-corrected chi connectivity index (χ4v) is 1.84. The Morgan fingerprint density at radius 1 is 1.30 bits per heavy atom. The molecule has 0 aliphatic carbocycles. The van der Waals surface area contributed by atoms with E-state index in [9.17, 15) is 18.0 Å². The number of rotatable bonds is 2. The van der Waals surface area contributed by atoms with Gasteiger partial charge in [-0.1, -0.05) is 12.1 Å². The molecule has 2 aromatic rings. The molecule has 1 N–H and O–H groups in total. The molecule has 0 unspecified atom stereocenters. The van der Waals surface area contributed by atoms with E-state index in [4.69, 9.17) is 5.11 Å². The lowest BCUT2D eigenvalue weighted by Gasteiger charge is -2.13. The van der Waals surface area contributed by atoms with E-state index in [1.165, 1.54) is 6.07 Å². The summed E-state index contributed by atoms with van der Waals surface area (Å²) in [5.41, 5.74) is -0.132. The summed E-state index contributed by atoms with van der Waals surface area (Å²) in [7, 11) is 0. The van der Waals surface area contributed by atoms with Crippen LogP contribution in [0.3, 0.4) is 0 Å². The van der Waals surface area contributed by atoms with Gasteiger partial charge in [0.2, 0.25) is 0 Å². The average Bonchev–Trinajstić information content (AvgIpc) is 2.77. The molecule has 1 heterocycles. The molecule has 2 rings (SSSR count). The van der Waals surface area contributed by atoms with Crippen LogP contribution in [0.2, 0.25) is 0 Å². The zero-order valence-corrected chi connectivity index (χ0v) is 10.7. The molecule has 0 saturated carbocycles. The molecule has 0 amide bonds. The van der Waals surface area contributed by atoms with E-state index in [1.54, 1.807) is 26.0 Å². The molecule has 20 heavy (non-hydrogen) atoms. The van der Waals surface area contributed by atoms with Crippen molar-refractivity contribution in [3.8, 4) is 5.69 Å². The highest BCUT2D eigenvalue weighted by Gasteiger charge is 2.37. The second-order valence-corrected chi connectivity index (χ2v) is 4.35. The van der Waals surface area contributed by atoms with Crippen molar-refractivity contribution in [3.63, 3.8) is 0 Å². The van der Waals surface area contributed by atoms with Gasteiger partial charge in [0.05, 0.1) is 5.69 Å². The van der Waals surface area contributed by atoms with Gasteiger partial charge in [-0.3, -0.25) is 0 Å². The van der Waals surface area contributed by atoms with Crippen LogP contribution in [-0.2, 0) is 6.18 Å². The predicted molar refractivity (Wildman–Crippen MR) is 65.0 cm³/mol. The number of carboxylic acids is 1. The van der Waals surface area contributed by atoms with Crippen LogP contribution in [0, 0.1) is 13.8 Å². The standard InChI is InChI=1S/C13H11F3N2O2/c1-7-4-3-5-10(8(7)2)18-11(13(14,15)16)6-9(17-18)12(19)20/h3-6H,1-2H3,(H,19,20). The van der Waals surface area contributed by atoms with Crippen molar-refractivity contribution in [2.45, 2.75) is 20.0 Å². The Morgan fingerprint density at radius 3 is 2.50 bits per heavy atom. The molecule has 0 aliphatic heterocycles. The molecule has 7 heteroatoms. The lowest BCUT2D eigenvalue weighted by atomic mass is 10.1. The number of aryl methyl sites for hydroxylation is 1. The summed E-state index contributed by atoms with van der Waals surface area (Å²) in [5, 5.41) is 12.4. The first-order chi connectivity index (χ1) is 9.21. The number of hydrogen-bond donors (Lipinski definition) is 1. The van der Waals surface area contributed by atoms with Crippen molar-refractivity contribution >= 4 is 5.97 Å². The van der Waals surface area contributed by atoms with E-state index in [-0.39, 0.29) is 5.69 Å². The van der Waals surface area contributed by atoms with E-state index in [0.29, 0.717) is 16.3 Å². The summed E-state index contributed by atoms with van der Waals surface area (Å²) in [6.07, 6.45) is -4.68. The fourth-order valence-electron chi connectivity index (χ4n) is 1.84. The molecular formula is C13H11F3N2O2. The second kappa shape index (κ2) is 4.66. The molecule has 0 fully saturated rings. The molecule has 0 spiro atoms. The van der Waals surface area contributed by atoms with Gasteiger partial charge in [0.15, 0.2) is 5.69 Å². The van der Waals surface area contributed by atoms with Crippen molar-refractivity contribution in [2.75, 3.05) is 0 Å². The van der Waals surface area contributed by atoms with Crippen LogP contribution >= 0.6 is 0 Å². The minimum Gasteiger partial charge on any atom is -0.476 e. The van der Waals surface area contributed by atoms with Gasteiger partial charge in [-0.25, -0.2) is 9.48 Å². The summed E-state index contributed by atoms with van der Waals surface area (Å²) in [6, 6.07) is 5.36. The quantitative estimate of drug-likeness (QED) is 0.921. The summed E-state index contributed by atoms with van der Waals surface area (Å²) in [6.45, 7) is 3.42. The first-order valence-electron chi connectivity index (χ1n) is 5.69. The highest BCUT2D eigenvalue weighted by molar-refractivity contribution is 5.85. The van der Waals surface area contributed by atoms with Crippen molar-refractivity contribution in [2.24, 2.45) is 0 Å². The molecule has 1 aromatic carbocycles.